The number of para-hydroxylation sites is 1. The van der Waals surface area contributed by atoms with Crippen LogP contribution in [0.5, 0.6) is 0 Å². The molecule has 0 aliphatic carbocycles. The first-order chi connectivity index (χ1) is 10.2. The lowest BCUT2D eigenvalue weighted by Gasteiger charge is -2.12. The van der Waals surface area contributed by atoms with Crippen molar-refractivity contribution in [3.63, 3.8) is 0 Å². The van der Waals surface area contributed by atoms with Crippen molar-refractivity contribution in [2.24, 2.45) is 0 Å². The van der Waals surface area contributed by atoms with Crippen LogP contribution in [0.2, 0.25) is 0 Å². The summed E-state index contributed by atoms with van der Waals surface area (Å²) in [5, 5.41) is 0. The molecule has 3 heteroatoms. The molecule has 2 nitrogen and oxygen atoms in total. The van der Waals surface area contributed by atoms with Gasteiger partial charge in [-0.1, -0.05) is 36.4 Å². The van der Waals surface area contributed by atoms with Gasteiger partial charge in [0.15, 0.2) is 0 Å². The van der Waals surface area contributed by atoms with Crippen molar-refractivity contribution >= 4 is 22.6 Å². The molecule has 2 aromatic carbocycles. The number of rotatable bonds is 4. The topological polar surface area (TPSA) is 17.8 Å². The number of hydrogen-bond donors (Lipinski definition) is 0. The van der Waals surface area contributed by atoms with Crippen LogP contribution in [-0.2, 0) is 13.0 Å². The summed E-state index contributed by atoms with van der Waals surface area (Å²) in [6.07, 6.45) is 0.793. The normalized spacial score (nSPS) is 11.2. The Morgan fingerprint density at radius 1 is 1.00 bits per heavy atom. The quantitative estimate of drug-likeness (QED) is 0.649. The summed E-state index contributed by atoms with van der Waals surface area (Å²) in [5.74, 6) is 1.66. The van der Waals surface area contributed by atoms with Crippen LogP contribution in [0.15, 0.2) is 42.5 Å². The highest BCUT2D eigenvalue weighted by Crippen LogP contribution is 2.23. The number of fused-ring (bicyclic) bond motifs is 1. The van der Waals surface area contributed by atoms with E-state index in [1.165, 1.54) is 22.2 Å². The fourth-order valence-electron chi connectivity index (χ4n) is 2.82. The van der Waals surface area contributed by atoms with Gasteiger partial charge < -0.3 is 4.57 Å². The lowest BCUT2D eigenvalue weighted by molar-refractivity contribution is 0.750. The predicted octanol–water partition coefficient (Wildman–Crippen LogP) is 4.48. The lowest BCUT2D eigenvalue weighted by Crippen LogP contribution is -2.07. The lowest BCUT2D eigenvalue weighted by atomic mass is 10.1. The Bertz CT molecular complexity index is 774. The van der Waals surface area contributed by atoms with Crippen LogP contribution in [-0.4, -0.2) is 15.4 Å². The van der Waals surface area contributed by atoms with Gasteiger partial charge in [-0.3, -0.25) is 0 Å². The minimum absolute atomic E-state index is 0.593. The summed E-state index contributed by atoms with van der Waals surface area (Å²) in [4.78, 5) is 4.77. The van der Waals surface area contributed by atoms with Gasteiger partial charge in [0, 0.05) is 18.8 Å². The zero-order chi connectivity index (χ0) is 14.8. The summed E-state index contributed by atoms with van der Waals surface area (Å²) in [6.45, 7) is 5.14. The third kappa shape index (κ3) is 2.68. The maximum atomic E-state index is 5.96. The first kappa shape index (κ1) is 14.2. The standard InChI is InChI=1S/C18H19ClN2/c1-13-6-3-4-8-15(13)12-21-17(10-11-19)20-16-9-5-7-14(2)18(16)21/h3-9H,10-12H2,1-2H3. The van der Waals surface area contributed by atoms with Crippen LogP contribution in [0.1, 0.15) is 22.5 Å². The largest absolute Gasteiger partial charge is 0.323 e. The van der Waals surface area contributed by atoms with E-state index in [1.54, 1.807) is 0 Å². The number of benzene rings is 2. The van der Waals surface area contributed by atoms with E-state index in [1.807, 2.05) is 0 Å². The van der Waals surface area contributed by atoms with Crippen molar-refractivity contribution in [2.45, 2.75) is 26.8 Å². The fraction of sp³-hybridized carbons (Fsp3) is 0.278. The summed E-state index contributed by atoms with van der Waals surface area (Å²) in [6, 6.07) is 14.8. The maximum absolute atomic E-state index is 5.96. The Hall–Kier alpha value is -1.80. The molecule has 0 saturated carbocycles. The molecule has 21 heavy (non-hydrogen) atoms. The van der Waals surface area contributed by atoms with E-state index < -0.39 is 0 Å². The molecule has 0 atom stereocenters. The molecule has 0 saturated heterocycles. The molecule has 0 fully saturated rings. The van der Waals surface area contributed by atoms with E-state index in [2.05, 4.69) is 60.9 Å². The molecule has 1 heterocycles. The first-order valence-corrected chi connectivity index (χ1v) is 7.79. The Morgan fingerprint density at radius 3 is 2.52 bits per heavy atom. The van der Waals surface area contributed by atoms with E-state index in [0.29, 0.717) is 5.88 Å². The van der Waals surface area contributed by atoms with Crippen molar-refractivity contribution in [1.29, 1.82) is 0 Å². The number of aromatic nitrogens is 2. The summed E-state index contributed by atoms with van der Waals surface area (Å²) < 4.78 is 2.31. The second-order valence-corrected chi connectivity index (χ2v) is 5.80. The predicted molar refractivity (Wildman–Crippen MR) is 89.2 cm³/mol. The molecular weight excluding hydrogens is 280 g/mol. The van der Waals surface area contributed by atoms with Crippen LogP contribution in [0.4, 0.5) is 0 Å². The Morgan fingerprint density at radius 2 is 1.76 bits per heavy atom. The van der Waals surface area contributed by atoms with Gasteiger partial charge in [-0.05, 0) is 36.6 Å². The fourth-order valence-corrected chi connectivity index (χ4v) is 2.99. The van der Waals surface area contributed by atoms with Gasteiger partial charge in [-0.15, -0.1) is 11.6 Å². The molecule has 3 rings (SSSR count). The van der Waals surface area contributed by atoms with Crippen LogP contribution in [0, 0.1) is 13.8 Å². The number of halogens is 1. The molecule has 0 radical (unpaired) electrons. The number of nitrogens with zero attached hydrogens (tertiary/aromatic N) is 2. The molecule has 1 aromatic heterocycles. The Kier molecular flexibility index (Phi) is 3.98. The van der Waals surface area contributed by atoms with Crippen molar-refractivity contribution < 1.29 is 0 Å². The second kappa shape index (κ2) is 5.90. The summed E-state index contributed by atoms with van der Waals surface area (Å²) >= 11 is 5.96. The van der Waals surface area contributed by atoms with E-state index in [0.717, 1.165) is 24.3 Å². The average Bonchev–Trinajstić information content (AvgIpc) is 2.81. The van der Waals surface area contributed by atoms with Crippen molar-refractivity contribution in [1.82, 2.24) is 9.55 Å². The molecule has 0 unspecified atom stereocenters. The molecule has 0 aliphatic rings. The zero-order valence-corrected chi connectivity index (χ0v) is 13.2. The van der Waals surface area contributed by atoms with Gasteiger partial charge in [0.2, 0.25) is 0 Å². The molecule has 0 amide bonds. The minimum Gasteiger partial charge on any atom is -0.323 e. The van der Waals surface area contributed by atoms with Gasteiger partial charge in [-0.25, -0.2) is 4.98 Å². The van der Waals surface area contributed by atoms with Gasteiger partial charge in [0.1, 0.15) is 5.82 Å². The average molecular weight is 299 g/mol. The molecule has 0 bridgehead atoms. The second-order valence-electron chi connectivity index (χ2n) is 5.42. The smallest absolute Gasteiger partial charge is 0.111 e. The van der Waals surface area contributed by atoms with Crippen LogP contribution in [0.25, 0.3) is 11.0 Å². The van der Waals surface area contributed by atoms with Crippen LogP contribution >= 0.6 is 11.6 Å². The van der Waals surface area contributed by atoms with Crippen molar-refractivity contribution in [3.8, 4) is 0 Å². The molecule has 108 valence electrons. The Balaban J connectivity index is 2.15. The van der Waals surface area contributed by atoms with E-state index in [4.69, 9.17) is 16.6 Å². The number of aryl methyl sites for hydroxylation is 3. The van der Waals surface area contributed by atoms with Gasteiger partial charge >= 0.3 is 0 Å². The van der Waals surface area contributed by atoms with Gasteiger partial charge in [0.25, 0.3) is 0 Å². The monoisotopic (exact) mass is 298 g/mol. The summed E-state index contributed by atoms with van der Waals surface area (Å²) in [5.41, 5.74) is 6.18. The highest BCUT2D eigenvalue weighted by atomic mass is 35.5. The first-order valence-electron chi connectivity index (χ1n) is 7.26. The highest BCUT2D eigenvalue weighted by Gasteiger charge is 2.13. The van der Waals surface area contributed by atoms with E-state index in [9.17, 15) is 0 Å². The molecular formula is C18H19ClN2. The van der Waals surface area contributed by atoms with E-state index in [-0.39, 0.29) is 0 Å². The molecule has 0 aliphatic heterocycles. The van der Waals surface area contributed by atoms with Crippen LogP contribution < -0.4 is 0 Å². The molecule has 0 spiro atoms. The highest BCUT2D eigenvalue weighted by molar-refractivity contribution is 6.17. The maximum Gasteiger partial charge on any atom is 0.111 e. The third-order valence-electron chi connectivity index (χ3n) is 3.96. The molecule has 0 N–H and O–H groups in total. The number of imidazole rings is 1. The number of alkyl halides is 1. The minimum atomic E-state index is 0.593. The molecule has 3 aromatic rings. The van der Waals surface area contributed by atoms with E-state index >= 15 is 0 Å². The van der Waals surface area contributed by atoms with Crippen LogP contribution in [0.3, 0.4) is 0 Å². The van der Waals surface area contributed by atoms with Crippen molar-refractivity contribution in [3.05, 3.63) is 65.0 Å². The summed E-state index contributed by atoms with van der Waals surface area (Å²) in [7, 11) is 0. The van der Waals surface area contributed by atoms with Gasteiger partial charge in [0.05, 0.1) is 11.0 Å². The van der Waals surface area contributed by atoms with Crippen molar-refractivity contribution in [2.75, 3.05) is 5.88 Å². The third-order valence-corrected chi connectivity index (χ3v) is 4.14. The number of hydrogen-bond acceptors (Lipinski definition) is 1. The SMILES string of the molecule is Cc1ccccc1Cn1c(CCCl)nc2cccc(C)c21. The Labute approximate surface area is 130 Å². The van der Waals surface area contributed by atoms with Gasteiger partial charge in [-0.2, -0.15) is 0 Å². The zero-order valence-electron chi connectivity index (χ0n) is 12.4.